The molecule has 0 unspecified atom stereocenters. The van der Waals surface area contributed by atoms with Crippen molar-refractivity contribution in [3.05, 3.63) is 22.7 Å². The average Bonchev–Trinajstić information content (AvgIpc) is 2.34. The molecule has 7 heteroatoms. The van der Waals surface area contributed by atoms with Crippen LogP contribution in [-0.2, 0) is 0 Å². The maximum atomic E-state index is 12.2. The van der Waals surface area contributed by atoms with Gasteiger partial charge in [-0.2, -0.15) is 0 Å². The number of hydrogen-bond acceptors (Lipinski definition) is 3. The lowest BCUT2D eigenvalue weighted by Crippen LogP contribution is -2.36. The number of anilines is 1. The van der Waals surface area contributed by atoms with Crippen LogP contribution >= 0.6 is 15.9 Å². The van der Waals surface area contributed by atoms with E-state index in [0.29, 0.717) is 5.69 Å². The number of benzene rings is 1. The standard InChI is InChI=1S/C13H15BrF3NO2/c14-9-7-8(5-6-12(9)20-13(15,16)17)18-10-3-1-2-4-11(10)19/h5-7,10-11,18-19H,1-4H2/t10-,11-/m1/s1. The van der Waals surface area contributed by atoms with Crippen molar-refractivity contribution in [2.75, 3.05) is 5.32 Å². The first-order valence-electron chi connectivity index (χ1n) is 6.35. The summed E-state index contributed by atoms with van der Waals surface area (Å²) in [6.07, 6.45) is -1.51. The minimum Gasteiger partial charge on any atom is -0.405 e. The normalized spacial score (nSPS) is 23.4. The van der Waals surface area contributed by atoms with Crippen LogP contribution in [0.1, 0.15) is 25.7 Å². The molecule has 1 aromatic carbocycles. The lowest BCUT2D eigenvalue weighted by atomic mass is 9.92. The van der Waals surface area contributed by atoms with Crippen molar-refractivity contribution in [3.63, 3.8) is 0 Å². The van der Waals surface area contributed by atoms with Crippen molar-refractivity contribution >= 4 is 21.6 Å². The summed E-state index contributed by atoms with van der Waals surface area (Å²) in [5.74, 6) is -0.285. The highest BCUT2D eigenvalue weighted by molar-refractivity contribution is 9.10. The fourth-order valence-electron chi connectivity index (χ4n) is 2.29. The Morgan fingerprint density at radius 1 is 1.25 bits per heavy atom. The van der Waals surface area contributed by atoms with Gasteiger partial charge in [0.2, 0.25) is 0 Å². The lowest BCUT2D eigenvalue weighted by Gasteiger charge is -2.29. The third-order valence-corrected chi connectivity index (χ3v) is 3.86. The second-order valence-electron chi connectivity index (χ2n) is 4.80. The molecule has 112 valence electrons. The molecule has 0 aliphatic heterocycles. The van der Waals surface area contributed by atoms with Gasteiger partial charge in [0, 0.05) is 5.69 Å². The van der Waals surface area contributed by atoms with Gasteiger partial charge in [0.1, 0.15) is 5.75 Å². The summed E-state index contributed by atoms with van der Waals surface area (Å²) >= 11 is 3.05. The molecule has 0 aromatic heterocycles. The molecule has 20 heavy (non-hydrogen) atoms. The second kappa shape index (κ2) is 6.22. The first kappa shape index (κ1) is 15.4. The van der Waals surface area contributed by atoms with E-state index in [2.05, 4.69) is 26.0 Å². The van der Waals surface area contributed by atoms with E-state index in [1.807, 2.05) is 0 Å². The summed E-state index contributed by atoms with van der Waals surface area (Å²) in [5, 5.41) is 13.0. The second-order valence-corrected chi connectivity index (χ2v) is 5.65. The maximum Gasteiger partial charge on any atom is 0.573 e. The Morgan fingerprint density at radius 2 is 1.95 bits per heavy atom. The van der Waals surface area contributed by atoms with Crippen LogP contribution in [0.3, 0.4) is 0 Å². The first-order chi connectivity index (χ1) is 9.35. The number of aliphatic hydroxyl groups is 1. The molecule has 0 saturated heterocycles. The van der Waals surface area contributed by atoms with Gasteiger partial charge in [-0.05, 0) is 47.0 Å². The fourth-order valence-corrected chi connectivity index (χ4v) is 2.75. The topological polar surface area (TPSA) is 41.5 Å². The molecule has 2 rings (SSSR count). The van der Waals surface area contributed by atoms with E-state index in [9.17, 15) is 18.3 Å². The molecule has 1 saturated carbocycles. The molecule has 2 N–H and O–H groups in total. The molecule has 2 atom stereocenters. The number of aliphatic hydroxyl groups excluding tert-OH is 1. The van der Waals surface area contributed by atoms with Gasteiger partial charge in [-0.1, -0.05) is 12.8 Å². The van der Waals surface area contributed by atoms with Crippen LogP contribution in [-0.4, -0.2) is 23.6 Å². The van der Waals surface area contributed by atoms with Crippen molar-refractivity contribution in [1.29, 1.82) is 0 Å². The zero-order chi connectivity index (χ0) is 14.8. The van der Waals surface area contributed by atoms with Gasteiger partial charge >= 0.3 is 6.36 Å². The minimum absolute atomic E-state index is 0.0648. The summed E-state index contributed by atoms with van der Waals surface area (Å²) in [7, 11) is 0. The van der Waals surface area contributed by atoms with E-state index >= 15 is 0 Å². The van der Waals surface area contributed by atoms with E-state index in [1.54, 1.807) is 0 Å². The molecule has 1 aromatic rings. The van der Waals surface area contributed by atoms with Crippen LogP contribution in [0.15, 0.2) is 22.7 Å². The Morgan fingerprint density at radius 3 is 2.55 bits per heavy atom. The molecule has 1 fully saturated rings. The molecule has 3 nitrogen and oxygen atoms in total. The quantitative estimate of drug-likeness (QED) is 0.860. The van der Waals surface area contributed by atoms with Crippen molar-refractivity contribution in [2.24, 2.45) is 0 Å². The number of rotatable bonds is 3. The Balaban J connectivity index is 2.05. The predicted octanol–water partition coefficient (Wildman–Crippen LogP) is 4.06. The first-order valence-corrected chi connectivity index (χ1v) is 7.14. The van der Waals surface area contributed by atoms with Crippen molar-refractivity contribution in [3.8, 4) is 5.75 Å². The van der Waals surface area contributed by atoms with Gasteiger partial charge in [-0.25, -0.2) is 0 Å². The molecule has 0 amide bonds. The maximum absolute atomic E-state index is 12.2. The summed E-state index contributed by atoms with van der Waals surface area (Å²) in [6.45, 7) is 0. The van der Waals surface area contributed by atoms with Crippen molar-refractivity contribution in [2.45, 2.75) is 44.2 Å². The smallest absolute Gasteiger partial charge is 0.405 e. The number of alkyl halides is 3. The highest BCUT2D eigenvalue weighted by Gasteiger charge is 2.32. The average molecular weight is 354 g/mol. The van der Waals surface area contributed by atoms with Crippen LogP contribution < -0.4 is 10.1 Å². The van der Waals surface area contributed by atoms with Gasteiger partial charge in [-0.3, -0.25) is 0 Å². The van der Waals surface area contributed by atoms with E-state index < -0.39 is 12.5 Å². The Hall–Kier alpha value is -0.950. The van der Waals surface area contributed by atoms with Gasteiger partial charge < -0.3 is 15.2 Å². The van der Waals surface area contributed by atoms with Gasteiger partial charge in [0.15, 0.2) is 0 Å². The van der Waals surface area contributed by atoms with Crippen LogP contribution in [0.2, 0.25) is 0 Å². The van der Waals surface area contributed by atoms with E-state index in [0.717, 1.165) is 25.7 Å². The van der Waals surface area contributed by atoms with Crippen molar-refractivity contribution in [1.82, 2.24) is 0 Å². The molecule has 0 radical (unpaired) electrons. The van der Waals surface area contributed by atoms with E-state index in [1.165, 1.54) is 18.2 Å². The summed E-state index contributed by atoms with van der Waals surface area (Å²) in [5.41, 5.74) is 0.650. The Kier molecular flexibility index (Phi) is 4.80. The zero-order valence-electron chi connectivity index (χ0n) is 10.6. The molecule has 0 spiro atoms. The Labute approximate surface area is 123 Å². The van der Waals surface area contributed by atoms with Crippen LogP contribution in [0.5, 0.6) is 5.75 Å². The van der Waals surface area contributed by atoms with Gasteiger partial charge in [0.05, 0.1) is 16.6 Å². The number of halogens is 4. The van der Waals surface area contributed by atoms with Crippen LogP contribution in [0, 0.1) is 0 Å². The van der Waals surface area contributed by atoms with Crippen LogP contribution in [0.25, 0.3) is 0 Å². The molecule has 1 aliphatic carbocycles. The van der Waals surface area contributed by atoms with Crippen LogP contribution in [0.4, 0.5) is 18.9 Å². The fraction of sp³-hybridized carbons (Fsp3) is 0.538. The number of ether oxygens (including phenoxy) is 1. The minimum atomic E-state index is -4.71. The zero-order valence-corrected chi connectivity index (χ0v) is 12.2. The van der Waals surface area contributed by atoms with Crippen molar-refractivity contribution < 1.29 is 23.0 Å². The number of hydrogen-bond donors (Lipinski definition) is 2. The van der Waals surface area contributed by atoms with Gasteiger partial charge in [-0.15, -0.1) is 13.2 Å². The van der Waals surface area contributed by atoms with E-state index in [-0.39, 0.29) is 16.3 Å². The largest absolute Gasteiger partial charge is 0.573 e. The molecule has 0 bridgehead atoms. The lowest BCUT2D eigenvalue weighted by molar-refractivity contribution is -0.274. The van der Waals surface area contributed by atoms with E-state index in [4.69, 9.17) is 0 Å². The molecule has 1 aliphatic rings. The molecular formula is C13H15BrF3NO2. The summed E-state index contributed by atoms with van der Waals surface area (Å²) < 4.78 is 40.5. The molecule has 0 heterocycles. The SMILES string of the molecule is O[C@@H]1CCCC[C@H]1Nc1ccc(OC(F)(F)F)c(Br)c1. The summed E-state index contributed by atoms with van der Waals surface area (Å²) in [4.78, 5) is 0. The Bertz CT molecular complexity index is 467. The third kappa shape index (κ3) is 4.28. The monoisotopic (exact) mass is 353 g/mol. The number of nitrogens with one attached hydrogen (secondary N) is 1. The predicted molar refractivity (Wildman–Crippen MR) is 72.7 cm³/mol. The van der Waals surface area contributed by atoms with Gasteiger partial charge in [0.25, 0.3) is 0 Å². The highest BCUT2D eigenvalue weighted by Crippen LogP contribution is 2.33. The third-order valence-electron chi connectivity index (χ3n) is 3.24. The highest BCUT2D eigenvalue weighted by atomic mass is 79.9. The molecular weight excluding hydrogens is 339 g/mol. The summed E-state index contributed by atoms with van der Waals surface area (Å²) in [6, 6.07) is 4.20.